The van der Waals surface area contributed by atoms with Gasteiger partial charge in [0, 0.05) is 23.9 Å². The summed E-state index contributed by atoms with van der Waals surface area (Å²) >= 11 is 0. The predicted octanol–water partition coefficient (Wildman–Crippen LogP) is 2.74. The van der Waals surface area contributed by atoms with E-state index < -0.39 is 23.0 Å². The van der Waals surface area contributed by atoms with E-state index in [2.05, 4.69) is 4.98 Å². The molecule has 0 bridgehead atoms. The van der Waals surface area contributed by atoms with Crippen molar-refractivity contribution in [1.29, 1.82) is 0 Å². The van der Waals surface area contributed by atoms with E-state index in [9.17, 15) is 18.4 Å². The maximum Gasteiger partial charge on any atom is 0.256 e. The Morgan fingerprint density at radius 3 is 2.35 bits per heavy atom. The van der Waals surface area contributed by atoms with Gasteiger partial charge in [0.2, 0.25) is 5.78 Å². The van der Waals surface area contributed by atoms with Crippen LogP contribution in [0.25, 0.3) is 5.82 Å². The number of benzene rings is 1. The van der Waals surface area contributed by atoms with Gasteiger partial charge in [0.15, 0.2) is 0 Å². The van der Waals surface area contributed by atoms with Crippen LogP contribution in [0.3, 0.4) is 0 Å². The summed E-state index contributed by atoms with van der Waals surface area (Å²) in [5.41, 5.74) is -0.676. The minimum absolute atomic E-state index is 0.0267. The highest BCUT2D eigenvalue weighted by Gasteiger charge is 2.17. The molecule has 2 heterocycles. The third-order valence-corrected chi connectivity index (χ3v) is 3.19. The Bertz CT molecular complexity index is 917. The maximum absolute atomic E-state index is 13.3. The molecule has 0 aliphatic carbocycles. The molecular weight excluding hydrogens is 302 g/mol. The van der Waals surface area contributed by atoms with Gasteiger partial charge in [-0.25, -0.2) is 13.8 Å². The molecule has 6 heteroatoms. The normalized spacial score (nSPS) is 10.5. The van der Waals surface area contributed by atoms with Crippen molar-refractivity contribution in [2.24, 2.45) is 0 Å². The van der Waals surface area contributed by atoms with Crippen molar-refractivity contribution in [2.45, 2.75) is 0 Å². The Morgan fingerprint density at radius 1 is 0.957 bits per heavy atom. The third kappa shape index (κ3) is 2.91. The molecule has 3 aromatic rings. The summed E-state index contributed by atoms with van der Waals surface area (Å²) in [7, 11) is 0. The molecule has 0 spiro atoms. The molecule has 0 saturated carbocycles. The summed E-state index contributed by atoms with van der Waals surface area (Å²) in [4.78, 5) is 28.8. The Kier molecular flexibility index (Phi) is 3.80. The van der Waals surface area contributed by atoms with Crippen LogP contribution in [0.5, 0.6) is 0 Å². The van der Waals surface area contributed by atoms with Crippen LogP contribution >= 0.6 is 0 Å². The van der Waals surface area contributed by atoms with E-state index in [4.69, 9.17) is 0 Å². The van der Waals surface area contributed by atoms with Crippen LogP contribution in [0.15, 0.2) is 65.6 Å². The van der Waals surface area contributed by atoms with Gasteiger partial charge in [-0.1, -0.05) is 12.1 Å². The molecule has 0 fully saturated rings. The first-order valence-electron chi connectivity index (χ1n) is 6.70. The van der Waals surface area contributed by atoms with Gasteiger partial charge in [-0.2, -0.15) is 0 Å². The minimum atomic E-state index is -0.865. The standard InChI is InChI=1S/C17H10F2N2O2/c18-12-8-11(9-13(19)10-12)17(23)14-4-3-6-16(22)21(14)15-5-1-2-7-20-15/h1-10H. The predicted molar refractivity (Wildman–Crippen MR) is 79.6 cm³/mol. The first-order chi connectivity index (χ1) is 11.1. The lowest BCUT2D eigenvalue weighted by molar-refractivity contribution is 0.103. The average molecular weight is 312 g/mol. The first-order valence-corrected chi connectivity index (χ1v) is 6.70. The van der Waals surface area contributed by atoms with E-state index >= 15 is 0 Å². The highest BCUT2D eigenvalue weighted by atomic mass is 19.1. The molecule has 0 atom stereocenters. The molecule has 0 radical (unpaired) electrons. The van der Waals surface area contributed by atoms with Crippen LogP contribution < -0.4 is 5.56 Å². The summed E-state index contributed by atoms with van der Waals surface area (Å²) in [6.07, 6.45) is 1.48. The van der Waals surface area contributed by atoms with Gasteiger partial charge in [-0.15, -0.1) is 0 Å². The lowest BCUT2D eigenvalue weighted by Gasteiger charge is -2.11. The van der Waals surface area contributed by atoms with Crippen LogP contribution in [0.2, 0.25) is 0 Å². The Balaban J connectivity index is 2.19. The lowest BCUT2D eigenvalue weighted by Crippen LogP contribution is -2.24. The second-order valence-corrected chi connectivity index (χ2v) is 4.76. The number of rotatable bonds is 3. The van der Waals surface area contributed by atoms with Crippen molar-refractivity contribution in [1.82, 2.24) is 9.55 Å². The number of hydrogen-bond donors (Lipinski definition) is 0. The molecule has 114 valence electrons. The Labute approximate surface area is 129 Å². The Morgan fingerprint density at radius 2 is 1.70 bits per heavy atom. The third-order valence-electron chi connectivity index (χ3n) is 3.19. The quantitative estimate of drug-likeness (QED) is 0.699. The summed E-state index contributed by atoms with van der Waals surface area (Å²) in [5.74, 6) is -2.16. The van der Waals surface area contributed by atoms with E-state index in [1.807, 2.05) is 0 Å². The van der Waals surface area contributed by atoms with Crippen molar-refractivity contribution >= 4 is 5.78 Å². The van der Waals surface area contributed by atoms with Crippen LogP contribution in [-0.2, 0) is 0 Å². The highest BCUT2D eigenvalue weighted by Crippen LogP contribution is 2.14. The molecule has 0 unspecified atom stereocenters. The first kappa shape index (κ1) is 14.8. The molecule has 23 heavy (non-hydrogen) atoms. The van der Waals surface area contributed by atoms with Crippen LogP contribution in [-0.4, -0.2) is 15.3 Å². The fourth-order valence-electron chi connectivity index (χ4n) is 2.22. The number of halogens is 2. The van der Waals surface area contributed by atoms with Crippen molar-refractivity contribution in [3.05, 3.63) is 94.0 Å². The van der Waals surface area contributed by atoms with Gasteiger partial charge < -0.3 is 0 Å². The van der Waals surface area contributed by atoms with E-state index in [0.717, 1.165) is 16.7 Å². The second kappa shape index (κ2) is 5.92. The van der Waals surface area contributed by atoms with Crippen LogP contribution in [0.4, 0.5) is 8.78 Å². The largest absolute Gasteiger partial charge is 0.287 e. The number of carbonyl (C=O) groups is 1. The number of pyridine rings is 2. The molecule has 0 aliphatic rings. The number of nitrogens with zero attached hydrogens (tertiary/aromatic N) is 2. The van der Waals surface area contributed by atoms with Gasteiger partial charge in [-0.3, -0.25) is 14.2 Å². The van der Waals surface area contributed by atoms with E-state index in [0.29, 0.717) is 6.07 Å². The zero-order chi connectivity index (χ0) is 16.4. The number of ketones is 1. The number of aromatic nitrogens is 2. The van der Waals surface area contributed by atoms with Gasteiger partial charge in [0.1, 0.15) is 17.5 Å². The smallest absolute Gasteiger partial charge is 0.256 e. The van der Waals surface area contributed by atoms with Gasteiger partial charge >= 0.3 is 0 Å². The molecule has 4 nitrogen and oxygen atoms in total. The summed E-state index contributed by atoms with van der Waals surface area (Å²) in [6, 6.07) is 11.5. The fourth-order valence-corrected chi connectivity index (χ4v) is 2.22. The topological polar surface area (TPSA) is 52.0 Å². The highest BCUT2D eigenvalue weighted by molar-refractivity contribution is 6.08. The Hall–Kier alpha value is -3.15. The molecule has 2 aromatic heterocycles. The number of carbonyl (C=O) groups excluding carboxylic acids is 1. The SMILES string of the molecule is O=C(c1cc(F)cc(F)c1)c1cccc(=O)n1-c1ccccn1. The molecule has 0 amide bonds. The molecule has 0 aliphatic heterocycles. The zero-order valence-electron chi connectivity index (χ0n) is 11.7. The monoisotopic (exact) mass is 312 g/mol. The molecule has 1 aromatic carbocycles. The van der Waals surface area contributed by atoms with Gasteiger partial charge in [-0.05, 0) is 30.3 Å². The molecular formula is C17H10F2N2O2. The summed E-state index contributed by atoms with van der Waals surface area (Å²) in [5, 5.41) is 0. The molecule has 3 rings (SSSR count). The fraction of sp³-hybridized carbons (Fsp3) is 0. The van der Waals surface area contributed by atoms with Gasteiger partial charge in [0.25, 0.3) is 5.56 Å². The van der Waals surface area contributed by atoms with Crippen molar-refractivity contribution < 1.29 is 13.6 Å². The van der Waals surface area contributed by atoms with E-state index in [-0.39, 0.29) is 17.1 Å². The summed E-state index contributed by atoms with van der Waals surface area (Å²) < 4.78 is 27.8. The van der Waals surface area contributed by atoms with Crippen LogP contribution in [0, 0.1) is 11.6 Å². The lowest BCUT2D eigenvalue weighted by atomic mass is 10.1. The molecule has 0 N–H and O–H groups in total. The second-order valence-electron chi connectivity index (χ2n) is 4.76. The van der Waals surface area contributed by atoms with E-state index in [1.54, 1.807) is 18.2 Å². The van der Waals surface area contributed by atoms with Gasteiger partial charge in [0.05, 0.1) is 5.69 Å². The van der Waals surface area contributed by atoms with Crippen molar-refractivity contribution in [2.75, 3.05) is 0 Å². The summed E-state index contributed by atoms with van der Waals surface area (Å²) in [6.45, 7) is 0. The maximum atomic E-state index is 13.3. The van der Waals surface area contributed by atoms with Crippen molar-refractivity contribution in [3.8, 4) is 5.82 Å². The number of hydrogen-bond acceptors (Lipinski definition) is 3. The average Bonchev–Trinajstić information content (AvgIpc) is 2.54. The molecule has 0 saturated heterocycles. The van der Waals surface area contributed by atoms with Crippen LogP contribution in [0.1, 0.15) is 16.1 Å². The zero-order valence-corrected chi connectivity index (χ0v) is 11.7. The minimum Gasteiger partial charge on any atom is -0.287 e. The van der Waals surface area contributed by atoms with Crippen molar-refractivity contribution in [3.63, 3.8) is 0 Å². The van der Waals surface area contributed by atoms with E-state index in [1.165, 1.54) is 24.4 Å².